The van der Waals surface area contributed by atoms with Crippen molar-refractivity contribution in [2.75, 3.05) is 0 Å². The summed E-state index contributed by atoms with van der Waals surface area (Å²) in [5.74, 6) is 0.123. The lowest BCUT2D eigenvalue weighted by Crippen LogP contribution is -2.05. The van der Waals surface area contributed by atoms with E-state index in [4.69, 9.17) is 4.74 Å². The van der Waals surface area contributed by atoms with Crippen LogP contribution in [0.3, 0.4) is 0 Å². The highest BCUT2D eigenvalue weighted by Gasteiger charge is 2.03. The molecule has 0 fully saturated rings. The molecule has 0 amide bonds. The first kappa shape index (κ1) is 9.45. The van der Waals surface area contributed by atoms with Crippen molar-refractivity contribution in [2.45, 2.75) is 13.3 Å². The molecule has 1 aromatic heterocycles. The van der Waals surface area contributed by atoms with Crippen molar-refractivity contribution in [2.24, 2.45) is 0 Å². The minimum absolute atomic E-state index is 0.259. The Bertz CT molecular complexity index is 306. The molecule has 0 N–H and O–H groups in total. The first-order valence-corrected chi connectivity index (χ1v) is 3.93. The van der Waals surface area contributed by atoms with Crippen molar-refractivity contribution in [3.05, 3.63) is 42.4 Å². The number of allylic oxidation sites excluding steroid dienone is 1. The van der Waals surface area contributed by atoms with Gasteiger partial charge in [-0.1, -0.05) is 6.58 Å². The molecule has 0 aliphatic rings. The summed E-state index contributed by atoms with van der Waals surface area (Å²) < 4.78 is 4.80. The van der Waals surface area contributed by atoms with Gasteiger partial charge in [-0.2, -0.15) is 0 Å². The predicted molar refractivity (Wildman–Crippen MR) is 48.8 cm³/mol. The maximum Gasteiger partial charge on any atom is 0.315 e. The number of ether oxygens (including phenoxy) is 1. The summed E-state index contributed by atoms with van der Waals surface area (Å²) in [5, 5.41) is 0. The molecule has 0 aliphatic carbocycles. The van der Waals surface area contributed by atoms with Crippen LogP contribution in [0.5, 0.6) is 0 Å². The smallest absolute Gasteiger partial charge is 0.315 e. The molecule has 0 saturated carbocycles. The molecule has 0 aliphatic heterocycles. The fourth-order valence-electron chi connectivity index (χ4n) is 0.898. The van der Waals surface area contributed by atoms with Crippen LogP contribution in [0.1, 0.15) is 12.5 Å². The maximum atomic E-state index is 11.1. The van der Waals surface area contributed by atoms with E-state index in [1.54, 1.807) is 31.5 Å². The number of carbonyl (C=O) groups excluding carboxylic acids is 1. The van der Waals surface area contributed by atoms with E-state index in [1.807, 2.05) is 0 Å². The van der Waals surface area contributed by atoms with Crippen molar-refractivity contribution in [1.82, 2.24) is 4.98 Å². The molecule has 0 spiro atoms. The van der Waals surface area contributed by atoms with Crippen LogP contribution in [0.4, 0.5) is 0 Å². The first-order valence-electron chi connectivity index (χ1n) is 3.93. The Morgan fingerprint density at radius 1 is 1.54 bits per heavy atom. The number of rotatable bonds is 3. The molecule has 68 valence electrons. The number of hydrogen-bond donors (Lipinski definition) is 0. The van der Waals surface area contributed by atoms with Gasteiger partial charge >= 0.3 is 5.97 Å². The van der Waals surface area contributed by atoms with Gasteiger partial charge in [0.1, 0.15) is 0 Å². The number of pyridine rings is 1. The Balaban J connectivity index is 2.50. The molecular formula is C10H11NO2. The SMILES string of the molecule is C=C(C)OC(=O)Cc1ccncc1. The van der Waals surface area contributed by atoms with Crippen molar-refractivity contribution < 1.29 is 9.53 Å². The molecular weight excluding hydrogens is 166 g/mol. The summed E-state index contributed by atoms with van der Waals surface area (Å²) >= 11 is 0. The standard InChI is InChI=1S/C10H11NO2/c1-8(2)13-10(12)7-9-3-5-11-6-4-9/h3-6H,1,7H2,2H3. The highest BCUT2D eigenvalue weighted by atomic mass is 16.5. The Labute approximate surface area is 77.1 Å². The minimum atomic E-state index is -0.293. The topological polar surface area (TPSA) is 39.2 Å². The summed E-state index contributed by atoms with van der Waals surface area (Å²) in [4.78, 5) is 15.0. The van der Waals surface area contributed by atoms with Crippen molar-refractivity contribution in [3.63, 3.8) is 0 Å². The fraction of sp³-hybridized carbons (Fsp3) is 0.200. The van der Waals surface area contributed by atoms with Crippen LogP contribution in [0.2, 0.25) is 0 Å². The Morgan fingerprint density at radius 2 is 2.15 bits per heavy atom. The monoisotopic (exact) mass is 177 g/mol. The van der Waals surface area contributed by atoms with Crippen LogP contribution in [-0.2, 0) is 16.0 Å². The third-order valence-corrected chi connectivity index (χ3v) is 1.39. The zero-order chi connectivity index (χ0) is 9.68. The van der Waals surface area contributed by atoms with Crippen LogP contribution in [0, 0.1) is 0 Å². The number of hydrogen-bond acceptors (Lipinski definition) is 3. The molecule has 1 heterocycles. The van der Waals surface area contributed by atoms with Gasteiger partial charge < -0.3 is 4.74 Å². The van der Waals surface area contributed by atoms with Gasteiger partial charge in [0.05, 0.1) is 12.2 Å². The summed E-state index contributed by atoms with van der Waals surface area (Å²) in [6, 6.07) is 3.55. The summed E-state index contributed by atoms with van der Waals surface area (Å²) in [5.41, 5.74) is 0.890. The lowest BCUT2D eigenvalue weighted by atomic mass is 10.2. The third-order valence-electron chi connectivity index (χ3n) is 1.39. The Kier molecular flexibility index (Phi) is 3.20. The van der Waals surface area contributed by atoms with Crippen LogP contribution >= 0.6 is 0 Å². The van der Waals surface area contributed by atoms with Gasteiger partial charge in [-0.05, 0) is 24.6 Å². The molecule has 1 aromatic rings. The second kappa shape index (κ2) is 4.40. The van der Waals surface area contributed by atoms with Gasteiger partial charge in [-0.15, -0.1) is 0 Å². The first-order chi connectivity index (χ1) is 6.18. The molecule has 3 heteroatoms. The van der Waals surface area contributed by atoms with E-state index in [1.165, 1.54) is 0 Å². The molecule has 0 radical (unpaired) electrons. The number of esters is 1. The van der Waals surface area contributed by atoms with Gasteiger partial charge in [-0.25, -0.2) is 0 Å². The minimum Gasteiger partial charge on any atom is -0.432 e. The van der Waals surface area contributed by atoms with E-state index in [0.717, 1.165) is 5.56 Å². The van der Waals surface area contributed by atoms with Crippen LogP contribution in [0.15, 0.2) is 36.9 Å². The number of carbonyl (C=O) groups is 1. The Morgan fingerprint density at radius 3 is 2.69 bits per heavy atom. The molecule has 3 nitrogen and oxygen atoms in total. The highest BCUT2D eigenvalue weighted by Crippen LogP contribution is 2.01. The van der Waals surface area contributed by atoms with Crippen LogP contribution < -0.4 is 0 Å². The highest BCUT2D eigenvalue weighted by molar-refractivity contribution is 5.73. The fourth-order valence-corrected chi connectivity index (χ4v) is 0.898. The number of nitrogens with zero attached hydrogens (tertiary/aromatic N) is 1. The molecule has 1 rings (SSSR count). The molecule has 0 saturated heterocycles. The van der Waals surface area contributed by atoms with Gasteiger partial charge in [0.15, 0.2) is 0 Å². The van der Waals surface area contributed by atoms with E-state index >= 15 is 0 Å². The third kappa shape index (κ3) is 3.51. The molecule has 13 heavy (non-hydrogen) atoms. The van der Waals surface area contributed by atoms with E-state index in [2.05, 4.69) is 11.6 Å². The zero-order valence-corrected chi connectivity index (χ0v) is 7.49. The van der Waals surface area contributed by atoms with E-state index in [-0.39, 0.29) is 12.4 Å². The average molecular weight is 177 g/mol. The molecule has 0 unspecified atom stereocenters. The van der Waals surface area contributed by atoms with Gasteiger partial charge in [0.25, 0.3) is 0 Å². The van der Waals surface area contributed by atoms with Crippen molar-refractivity contribution >= 4 is 5.97 Å². The summed E-state index contributed by atoms with van der Waals surface area (Å²) in [7, 11) is 0. The zero-order valence-electron chi connectivity index (χ0n) is 7.49. The van der Waals surface area contributed by atoms with Gasteiger partial charge in [0, 0.05) is 12.4 Å². The molecule has 0 bridgehead atoms. The molecule has 0 atom stereocenters. The lowest BCUT2D eigenvalue weighted by molar-refractivity contribution is -0.138. The quantitative estimate of drug-likeness (QED) is 0.521. The lowest BCUT2D eigenvalue weighted by Gasteiger charge is -2.01. The van der Waals surface area contributed by atoms with E-state index in [9.17, 15) is 4.79 Å². The second-order valence-electron chi connectivity index (χ2n) is 2.71. The summed E-state index contributed by atoms with van der Waals surface area (Å²) in [6.07, 6.45) is 3.54. The van der Waals surface area contributed by atoms with Crippen LogP contribution in [-0.4, -0.2) is 11.0 Å². The summed E-state index contributed by atoms with van der Waals surface area (Å²) in [6.45, 7) is 5.12. The van der Waals surface area contributed by atoms with Crippen LogP contribution in [0.25, 0.3) is 0 Å². The van der Waals surface area contributed by atoms with Crippen molar-refractivity contribution in [1.29, 1.82) is 0 Å². The van der Waals surface area contributed by atoms with Crippen molar-refractivity contribution in [3.8, 4) is 0 Å². The normalized spacial score (nSPS) is 9.31. The van der Waals surface area contributed by atoms with Gasteiger partial charge in [-0.3, -0.25) is 9.78 Å². The van der Waals surface area contributed by atoms with E-state index < -0.39 is 0 Å². The predicted octanol–water partition coefficient (Wildman–Crippen LogP) is 1.70. The average Bonchev–Trinajstić information content (AvgIpc) is 2.04. The largest absolute Gasteiger partial charge is 0.432 e. The Hall–Kier alpha value is -1.64. The number of aromatic nitrogens is 1. The molecule has 0 aromatic carbocycles. The second-order valence-corrected chi connectivity index (χ2v) is 2.71. The van der Waals surface area contributed by atoms with E-state index in [0.29, 0.717) is 5.76 Å². The maximum absolute atomic E-state index is 11.1. The van der Waals surface area contributed by atoms with Gasteiger partial charge in [0.2, 0.25) is 0 Å².